The number of aromatic carboxylic acids is 1. The fourth-order valence-corrected chi connectivity index (χ4v) is 3.34. The van der Waals surface area contributed by atoms with Gasteiger partial charge >= 0.3 is 5.97 Å². The molecule has 5 heteroatoms. The first-order valence-corrected chi connectivity index (χ1v) is 8.37. The van der Waals surface area contributed by atoms with Gasteiger partial charge in [-0.2, -0.15) is 5.10 Å². The number of rotatable bonds is 3. The van der Waals surface area contributed by atoms with Crippen LogP contribution in [-0.4, -0.2) is 20.9 Å². The smallest absolute Gasteiger partial charge is 0.337 e. The molecule has 1 N–H and O–H groups in total. The normalized spacial score (nSPS) is 14.7. The highest BCUT2D eigenvalue weighted by molar-refractivity contribution is 6.30. The van der Waals surface area contributed by atoms with Gasteiger partial charge in [-0.05, 0) is 59.9 Å². The molecule has 1 heterocycles. The number of allylic oxidation sites excluding steroid dienone is 1. The highest BCUT2D eigenvalue weighted by atomic mass is 35.5. The fourth-order valence-electron chi connectivity index (χ4n) is 3.22. The molecule has 3 aromatic rings. The van der Waals surface area contributed by atoms with Crippen molar-refractivity contribution >= 4 is 29.2 Å². The number of fused-ring (bicyclic) bond motifs is 1. The van der Waals surface area contributed by atoms with Crippen molar-refractivity contribution in [3.63, 3.8) is 0 Å². The number of nitrogens with zero attached hydrogens (tertiary/aromatic N) is 2. The van der Waals surface area contributed by atoms with Gasteiger partial charge in [-0.15, -0.1) is 0 Å². The summed E-state index contributed by atoms with van der Waals surface area (Å²) in [5.41, 5.74) is 5.16. The van der Waals surface area contributed by atoms with E-state index in [1.807, 2.05) is 36.5 Å². The molecule has 25 heavy (non-hydrogen) atoms. The summed E-state index contributed by atoms with van der Waals surface area (Å²) in [7, 11) is 0. The Bertz CT molecular complexity index is 987. The summed E-state index contributed by atoms with van der Waals surface area (Å²) in [6.07, 6.45) is 5.76. The first kappa shape index (κ1) is 15.7. The molecule has 2 aromatic carbocycles. The molecule has 0 spiro atoms. The maximum Gasteiger partial charge on any atom is 0.337 e. The van der Waals surface area contributed by atoms with E-state index in [1.165, 1.54) is 0 Å². The Balaban J connectivity index is 1.83. The minimum atomic E-state index is -0.957. The van der Waals surface area contributed by atoms with Crippen LogP contribution in [0.2, 0.25) is 5.02 Å². The molecule has 0 saturated heterocycles. The SMILES string of the molecule is O=C(O)c1ccccc1-n1ncc2c1/C(=C/c1ccc(Cl)cc1)CC2. The first-order chi connectivity index (χ1) is 12.1. The highest BCUT2D eigenvalue weighted by Gasteiger charge is 2.24. The van der Waals surface area contributed by atoms with Crippen LogP contribution >= 0.6 is 11.6 Å². The molecule has 0 fully saturated rings. The van der Waals surface area contributed by atoms with E-state index in [4.69, 9.17) is 11.6 Å². The minimum Gasteiger partial charge on any atom is -0.478 e. The second-order valence-corrected chi connectivity index (χ2v) is 6.41. The third-order valence-electron chi connectivity index (χ3n) is 4.39. The Morgan fingerprint density at radius 2 is 1.88 bits per heavy atom. The Hall–Kier alpha value is -2.85. The summed E-state index contributed by atoms with van der Waals surface area (Å²) < 4.78 is 1.74. The lowest BCUT2D eigenvalue weighted by Crippen LogP contribution is -2.08. The van der Waals surface area contributed by atoms with Crippen molar-refractivity contribution in [2.75, 3.05) is 0 Å². The molecule has 0 amide bonds. The third-order valence-corrected chi connectivity index (χ3v) is 4.64. The standard InChI is InChI=1S/C20H15ClN2O2/c21-16-9-5-13(6-10-16)11-14-7-8-15-12-22-23(19(14)15)18-4-2-1-3-17(18)20(24)25/h1-6,9-12H,7-8H2,(H,24,25)/b14-11+. The first-order valence-electron chi connectivity index (χ1n) is 7.99. The number of halogens is 1. The van der Waals surface area contributed by atoms with E-state index in [9.17, 15) is 9.90 Å². The van der Waals surface area contributed by atoms with Crippen LogP contribution in [0.4, 0.5) is 0 Å². The van der Waals surface area contributed by atoms with Crippen molar-refractivity contribution in [1.82, 2.24) is 9.78 Å². The topological polar surface area (TPSA) is 55.1 Å². The fraction of sp³-hybridized carbons (Fsp3) is 0.100. The van der Waals surface area contributed by atoms with Gasteiger partial charge in [0, 0.05) is 5.02 Å². The number of benzene rings is 2. The van der Waals surface area contributed by atoms with Crippen molar-refractivity contribution in [1.29, 1.82) is 0 Å². The molecule has 4 nitrogen and oxygen atoms in total. The summed E-state index contributed by atoms with van der Waals surface area (Å²) in [5.74, 6) is -0.957. The second kappa shape index (κ2) is 6.22. The lowest BCUT2D eigenvalue weighted by Gasteiger charge is -2.10. The van der Waals surface area contributed by atoms with Crippen LogP contribution < -0.4 is 0 Å². The number of carboxylic acids is 1. The number of hydrogen-bond donors (Lipinski definition) is 1. The lowest BCUT2D eigenvalue weighted by molar-refractivity contribution is 0.0696. The van der Waals surface area contributed by atoms with Crippen molar-refractivity contribution < 1.29 is 9.90 Å². The molecule has 124 valence electrons. The molecular weight excluding hydrogens is 336 g/mol. The van der Waals surface area contributed by atoms with Gasteiger partial charge in [0.25, 0.3) is 0 Å². The number of carbonyl (C=O) groups is 1. The van der Waals surface area contributed by atoms with Gasteiger partial charge in [0.05, 0.1) is 23.1 Å². The average molecular weight is 351 g/mol. The Kier molecular flexibility index (Phi) is 3.90. The van der Waals surface area contributed by atoms with Crippen LogP contribution in [0.3, 0.4) is 0 Å². The Labute approximate surface area is 150 Å². The molecule has 0 atom stereocenters. The molecule has 1 aliphatic carbocycles. The summed E-state index contributed by atoms with van der Waals surface area (Å²) in [6, 6.07) is 14.6. The van der Waals surface area contributed by atoms with E-state index in [1.54, 1.807) is 22.9 Å². The Morgan fingerprint density at radius 3 is 2.64 bits per heavy atom. The number of aromatic nitrogens is 2. The largest absolute Gasteiger partial charge is 0.478 e. The monoisotopic (exact) mass is 350 g/mol. The highest BCUT2D eigenvalue weighted by Crippen LogP contribution is 2.35. The van der Waals surface area contributed by atoms with Crippen LogP contribution in [-0.2, 0) is 6.42 Å². The zero-order chi connectivity index (χ0) is 17.4. The van der Waals surface area contributed by atoms with Crippen molar-refractivity contribution in [3.8, 4) is 5.69 Å². The van der Waals surface area contributed by atoms with E-state index in [0.29, 0.717) is 10.7 Å². The molecule has 1 aromatic heterocycles. The molecule has 0 radical (unpaired) electrons. The molecule has 0 unspecified atom stereocenters. The second-order valence-electron chi connectivity index (χ2n) is 5.97. The minimum absolute atomic E-state index is 0.242. The van der Waals surface area contributed by atoms with Crippen LogP contribution in [0.15, 0.2) is 54.7 Å². The lowest BCUT2D eigenvalue weighted by atomic mass is 10.1. The number of hydrogen-bond acceptors (Lipinski definition) is 2. The number of carboxylic acid groups (broad SMARTS) is 1. The van der Waals surface area contributed by atoms with Gasteiger partial charge in [-0.1, -0.05) is 35.9 Å². The molecule has 0 bridgehead atoms. The maximum absolute atomic E-state index is 11.6. The van der Waals surface area contributed by atoms with Gasteiger partial charge < -0.3 is 5.11 Å². The van der Waals surface area contributed by atoms with Crippen LogP contribution in [0.25, 0.3) is 17.3 Å². The number of para-hydroxylation sites is 1. The van der Waals surface area contributed by atoms with Crippen LogP contribution in [0.5, 0.6) is 0 Å². The predicted molar refractivity (Wildman–Crippen MR) is 98.2 cm³/mol. The van der Waals surface area contributed by atoms with E-state index in [2.05, 4.69) is 11.2 Å². The molecule has 0 saturated carbocycles. The summed E-state index contributed by atoms with van der Waals surface area (Å²) in [5, 5.41) is 14.6. The Morgan fingerprint density at radius 1 is 1.12 bits per heavy atom. The maximum atomic E-state index is 11.6. The molecular formula is C20H15ClN2O2. The zero-order valence-corrected chi connectivity index (χ0v) is 14.1. The zero-order valence-electron chi connectivity index (χ0n) is 13.3. The quantitative estimate of drug-likeness (QED) is 0.744. The van der Waals surface area contributed by atoms with Crippen LogP contribution in [0, 0.1) is 0 Å². The van der Waals surface area contributed by atoms with Gasteiger partial charge in [-0.3, -0.25) is 0 Å². The van der Waals surface area contributed by atoms with Gasteiger partial charge in [0.1, 0.15) is 0 Å². The number of aryl methyl sites for hydroxylation is 1. The van der Waals surface area contributed by atoms with E-state index >= 15 is 0 Å². The summed E-state index contributed by atoms with van der Waals surface area (Å²) >= 11 is 5.95. The van der Waals surface area contributed by atoms with Crippen molar-refractivity contribution in [3.05, 3.63) is 82.1 Å². The summed E-state index contributed by atoms with van der Waals surface area (Å²) in [4.78, 5) is 11.6. The average Bonchev–Trinajstić information content (AvgIpc) is 3.20. The predicted octanol–water partition coefficient (Wildman–Crippen LogP) is 4.71. The third kappa shape index (κ3) is 2.85. The van der Waals surface area contributed by atoms with Crippen molar-refractivity contribution in [2.24, 2.45) is 0 Å². The van der Waals surface area contributed by atoms with Crippen molar-refractivity contribution in [2.45, 2.75) is 12.8 Å². The molecule has 4 rings (SSSR count). The molecule has 1 aliphatic rings. The van der Waals surface area contributed by atoms with E-state index in [0.717, 1.165) is 35.2 Å². The van der Waals surface area contributed by atoms with Gasteiger partial charge in [0.15, 0.2) is 0 Å². The van der Waals surface area contributed by atoms with Gasteiger partial charge in [-0.25, -0.2) is 9.48 Å². The van der Waals surface area contributed by atoms with E-state index < -0.39 is 5.97 Å². The van der Waals surface area contributed by atoms with Gasteiger partial charge in [0.2, 0.25) is 0 Å². The summed E-state index contributed by atoms with van der Waals surface area (Å²) in [6.45, 7) is 0. The molecule has 0 aliphatic heterocycles. The van der Waals surface area contributed by atoms with E-state index in [-0.39, 0.29) is 5.56 Å². The van der Waals surface area contributed by atoms with Crippen LogP contribution in [0.1, 0.15) is 33.6 Å².